The van der Waals surface area contributed by atoms with Crippen molar-refractivity contribution in [1.82, 2.24) is 4.90 Å². The van der Waals surface area contributed by atoms with Crippen LogP contribution in [0.5, 0.6) is 0 Å². The highest BCUT2D eigenvalue weighted by Crippen LogP contribution is 2.42. The van der Waals surface area contributed by atoms with Gasteiger partial charge in [-0.05, 0) is 60.6 Å². The topological polar surface area (TPSA) is 32.8 Å². The maximum atomic E-state index is 13.9. The summed E-state index contributed by atoms with van der Waals surface area (Å²) in [5.41, 5.74) is 1.54. The Morgan fingerprint density at radius 2 is 1.57 bits per heavy atom. The van der Waals surface area contributed by atoms with Crippen molar-refractivity contribution in [3.05, 3.63) is 95.8 Å². The molecule has 0 aromatic heterocycles. The van der Waals surface area contributed by atoms with E-state index in [1.54, 1.807) is 0 Å². The summed E-state index contributed by atoms with van der Waals surface area (Å²) in [5, 5.41) is 0. The fraction of sp³-hybridized carbons (Fsp3) is 0.321. The van der Waals surface area contributed by atoms with E-state index in [2.05, 4.69) is 17.0 Å². The van der Waals surface area contributed by atoms with Crippen LogP contribution in [0.15, 0.2) is 72.8 Å². The quantitative estimate of drug-likeness (QED) is 0.402. The van der Waals surface area contributed by atoms with E-state index in [-0.39, 0.29) is 23.9 Å². The third-order valence-corrected chi connectivity index (χ3v) is 7.16. The van der Waals surface area contributed by atoms with E-state index >= 15 is 0 Å². The normalized spacial score (nSPS) is 21.6. The number of halogens is 3. The van der Waals surface area contributed by atoms with Crippen LogP contribution in [-0.2, 0) is 11.3 Å². The van der Waals surface area contributed by atoms with Crippen molar-refractivity contribution in [3.8, 4) is 0 Å². The molecule has 3 aromatic carbocycles. The standard InChI is InChI=1S/C28H27F3N2O2/c29-22-7-4-8-23(13-22)33(24-11-12-26(30)27(31)14-24)28(34)35-18-25-20-9-10-21(25)17-32(16-20)15-19-5-2-1-3-6-19/h1-8,11-14,20-21,25H,9-10,15-18H2. The Kier molecular flexibility index (Phi) is 6.77. The van der Waals surface area contributed by atoms with Gasteiger partial charge in [-0.25, -0.2) is 22.9 Å². The molecule has 0 N–H and O–H groups in total. The van der Waals surface area contributed by atoms with Crippen molar-refractivity contribution in [1.29, 1.82) is 0 Å². The predicted octanol–water partition coefficient (Wildman–Crippen LogP) is 6.54. The Morgan fingerprint density at radius 3 is 2.26 bits per heavy atom. The molecule has 2 atom stereocenters. The van der Waals surface area contributed by atoms with Crippen LogP contribution in [0.25, 0.3) is 0 Å². The summed E-state index contributed by atoms with van der Waals surface area (Å²) in [6, 6.07) is 18.9. The van der Waals surface area contributed by atoms with E-state index in [0.717, 1.165) is 55.6 Å². The molecule has 1 aliphatic carbocycles. The molecule has 182 valence electrons. The largest absolute Gasteiger partial charge is 0.449 e. The molecule has 1 amide bonds. The third kappa shape index (κ3) is 5.20. The molecule has 1 aliphatic heterocycles. The number of hydrogen-bond donors (Lipinski definition) is 0. The number of carbonyl (C=O) groups excluding carboxylic acids is 1. The summed E-state index contributed by atoms with van der Waals surface area (Å²) < 4.78 is 47.1. The van der Waals surface area contributed by atoms with Crippen LogP contribution >= 0.6 is 0 Å². The summed E-state index contributed by atoms with van der Waals surface area (Å²) in [6.45, 7) is 3.04. The number of rotatable bonds is 6. The van der Waals surface area contributed by atoms with Gasteiger partial charge in [0.15, 0.2) is 11.6 Å². The lowest BCUT2D eigenvalue weighted by atomic mass is 9.85. The van der Waals surface area contributed by atoms with Gasteiger partial charge in [-0.1, -0.05) is 36.4 Å². The minimum Gasteiger partial charge on any atom is -0.449 e. The van der Waals surface area contributed by atoms with Gasteiger partial charge < -0.3 is 4.74 Å². The number of amides is 1. The Hall–Kier alpha value is -3.32. The number of ether oxygens (including phenoxy) is 1. The lowest BCUT2D eigenvalue weighted by Gasteiger charge is -2.38. The van der Waals surface area contributed by atoms with Gasteiger partial charge in [0, 0.05) is 31.6 Å². The molecule has 2 aliphatic rings. The van der Waals surface area contributed by atoms with E-state index in [1.165, 1.54) is 29.8 Å². The third-order valence-electron chi connectivity index (χ3n) is 7.16. The smallest absolute Gasteiger partial charge is 0.418 e. The van der Waals surface area contributed by atoms with Gasteiger partial charge in [-0.15, -0.1) is 0 Å². The number of carbonyl (C=O) groups is 1. The molecule has 2 fully saturated rings. The maximum Gasteiger partial charge on any atom is 0.418 e. The first kappa shape index (κ1) is 23.4. The molecule has 7 heteroatoms. The summed E-state index contributed by atoms with van der Waals surface area (Å²) in [4.78, 5) is 16.7. The minimum atomic E-state index is -1.10. The predicted molar refractivity (Wildman–Crippen MR) is 128 cm³/mol. The van der Waals surface area contributed by atoms with E-state index in [4.69, 9.17) is 4.74 Å². The maximum absolute atomic E-state index is 13.9. The molecule has 35 heavy (non-hydrogen) atoms. The lowest BCUT2D eigenvalue weighted by Crippen LogP contribution is -2.43. The van der Waals surface area contributed by atoms with Crippen LogP contribution in [0.4, 0.5) is 29.3 Å². The van der Waals surface area contributed by atoms with Crippen LogP contribution in [0.1, 0.15) is 18.4 Å². The average Bonchev–Trinajstić information content (AvgIpc) is 3.08. The second-order valence-corrected chi connectivity index (χ2v) is 9.43. The number of nitrogens with zero attached hydrogens (tertiary/aromatic N) is 2. The lowest BCUT2D eigenvalue weighted by molar-refractivity contribution is 0.0514. The van der Waals surface area contributed by atoms with Crippen molar-refractivity contribution in [2.24, 2.45) is 17.8 Å². The minimum absolute atomic E-state index is 0.0696. The van der Waals surface area contributed by atoms with Crippen molar-refractivity contribution in [3.63, 3.8) is 0 Å². The number of likely N-dealkylation sites (tertiary alicyclic amines) is 1. The molecule has 4 nitrogen and oxygen atoms in total. The number of fused-ring (bicyclic) bond motifs is 2. The van der Waals surface area contributed by atoms with Gasteiger partial charge in [0.05, 0.1) is 18.0 Å². The van der Waals surface area contributed by atoms with Gasteiger partial charge in [-0.2, -0.15) is 0 Å². The first-order valence-corrected chi connectivity index (χ1v) is 11.9. The number of anilines is 2. The fourth-order valence-electron chi connectivity index (χ4n) is 5.51. The second kappa shape index (κ2) is 10.1. The number of hydrogen-bond acceptors (Lipinski definition) is 3. The van der Waals surface area contributed by atoms with Crippen LogP contribution in [-0.4, -0.2) is 30.7 Å². The van der Waals surface area contributed by atoms with Gasteiger partial charge in [-0.3, -0.25) is 4.90 Å². The molecule has 0 radical (unpaired) electrons. The zero-order valence-corrected chi connectivity index (χ0v) is 19.2. The van der Waals surface area contributed by atoms with Crippen LogP contribution < -0.4 is 4.90 Å². The molecule has 2 bridgehead atoms. The highest BCUT2D eigenvalue weighted by Gasteiger charge is 2.42. The Bertz CT molecular complexity index is 1180. The average molecular weight is 481 g/mol. The van der Waals surface area contributed by atoms with Crippen LogP contribution in [0.2, 0.25) is 0 Å². The molecule has 5 rings (SSSR count). The van der Waals surface area contributed by atoms with E-state index in [0.29, 0.717) is 11.8 Å². The van der Waals surface area contributed by atoms with Crippen molar-refractivity contribution in [2.45, 2.75) is 19.4 Å². The highest BCUT2D eigenvalue weighted by molar-refractivity contribution is 5.96. The zero-order chi connectivity index (χ0) is 24.4. The zero-order valence-electron chi connectivity index (χ0n) is 19.2. The fourth-order valence-corrected chi connectivity index (χ4v) is 5.51. The molecular weight excluding hydrogens is 453 g/mol. The molecule has 1 saturated carbocycles. The van der Waals surface area contributed by atoms with Crippen molar-refractivity contribution in [2.75, 3.05) is 24.6 Å². The van der Waals surface area contributed by atoms with Gasteiger partial charge >= 0.3 is 6.09 Å². The van der Waals surface area contributed by atoms with Crippen molar-refractivity contribution >= 4 is 17.5 Å². The summed E-state index contributed by atoms with van der Waals surface area (Å²) in [6.07, 6.45) is 1.44. The van der Waals surface area contributed by atoms with Gasteiger partial charge in [0.25, 0.3) is 0 Å². The molecule has 1 saturated heterocycles. The Labute approximate surface area is 202 Å². The Balaban J connectivity index is 1.28. The molecule has 2 unspecified atom stereocenters. The summed E-state index contributed by atoms with van der Waals surface area (Å²) >= 11 is 0. The summed E-state index contributed by atoms with van der Waals surface area (Å²) in [7, 11) is 0. The number of benzene rings is 3. The van der Waals surface area contributed by atoms with E-state index < -0.39 is 23.5 Å². The van der Waals surface area contributed by atoms with Gasteiger partial charge in [0.2, 0.25) is 0 Å². The molecule has 0 spiro atoms. The highest BCUT2D eigenvalue weighted by atomic mass is 19.2. The Morgan fingerprint density at radius 1 is 0.857 bits per heavy atom. The van der Waals surface area contributed by atoms with Crippen LogP contribution in [0, 0.1) is 35.2 Å². The van der Waals surface area contributed by atoms with Crippen molar-refractivity contribution < 1.29 is 22.7 Å². The van der Waals surface area contributed by atoms with E-state index in [9.17, 15) is 18.0 Å². The molecular formula is C28H27F3N2O2. The first-order valence-electron chi connectivity index (χ1n) is 11.9. The number of piperidine rings is 1. The molecule has 3 aromatic rings. The second-order valence-electron chi connectivity index (χ2n) is 9.43. The van der Waals surface area contributed by atoms with Gasteiger partial charge in [0.1, 0.15) is 5.82 Å². The summed E-state index contributed by atoms with van der Waals surface area (Å²) in [5.74, 6) is -1.58. The van der Waals surface area contributed by atoms with E-state index in [1.807, 2.05) is 18.2 Å². The van der Waals surface area contributed by atoms with Crippen LogP contribution in [0.3, 0.4) is 0 Å². The molecule has 1 heterocycles. The SMILES string of the molecule is O=C(OCC1C2CCC1CN(Cc1ccccc1)C2)N(c1cccc(F)c1)c1ccc(F)c(F)c1. The monoisotopic (exact) mass is 480 g/mol. The first-order chi connectivity index (χ1) is 17.0.